The largest absolute Gasteiger partial charge is 0.497 e. The number of rotatable bonds is 5. The first-order chi connectivity index (χ1) is 17.9. The van der Waals surface area contributed by atoms with Gasteiger partial charge in [-0.15, -0.1) is 0 Å². The molecule has 2 aliphatic heterocycles. The first kappa shape index (κ1) is 24.7. The Morgan fingerprint density at radius 2 is 1.70 bits per heavy atom. The molecule has 3 aromatic rings. The molecule has 0 radical (unpaired) electrons. The minimum atomic E-state index is -0.139. The summed E-state index contributed by atoms with van der Waals surface area (Å²) in [4.78, 5) is 31.5. The Labute approximate surface area is 218 Å². The quantitative estimate of drug-likeness (QED) is 0.570. The third kappa shape index (κ3) is 5.40. The summed E-state index contributed by atoms with van der Waals surface area (Å²) in [6.07, 6.45) is 0.695. The molecule has 2 aromatic carbocycles. The molecule has 37 heavy (non-hydrogen) atoms. The van der Waals surface area contributed by atoms with E-state index in [0.717, 1.165) is 49.2 Å². The Kier molecular flexibility index (Phi) is 7.03. The molecule has 1 N–H and O–H groups in total. The highest BCUT2D eigenvalue weighted by Gasteiger charge is 2.28. The van der Waals surface area contributed by atoms with E-state index in [1.54, 1.807) is 7.11 Å². The maximum absolute atomic E-state index is 13.0. The summed E-state index contributed by atoms with van der Waals surface area (Å²) in [6, 6.07) is 16.0. The van der Waals surface area contributed by atoms with Crippen LogP contribution in [0, 0.1) is 6.92 Å². The van der Waals surface area contributed by atoms with Crippen molar-refractivity contribution >= 4 is 29.2 Å². The minimum absolute atomic E-state index is 0.139. The van der Waals surface area contributed by atoms with Crippen LogP contribution < -0.4 is 24.8 Å². The number of carbonyl (C=O) groups is 1. The number of aryl methyl sites for hydroxylation is 1. The summed E-state index contributed by atoms with van der Waals surface area (Å²) >= 11 is 0. The molecule has 3 heterocycles. The molecule has 0 spiro atoms. The normalized spacial score (nSPS) is 15.3. The summed E-state index contributed by atoms with van der Waals surface area (Å²) in [5.41, 5.74) is 5.29. The van der Waals surface area contributed by atoms with E-state index in [-0.39, 0.29) is 6.03 Å². The molecule has 0 bridgehead atoms. The fourth-order valence-corrected chi connectivity index (χ4v) is 4.89. The van der Waals surface area contributed by atoms with E-state index in [2.05, 4.69) is 46.3 Å². The average Bonchev–Trinajstić information content (AvgIpc) is 2.92. The molecule has 0 unspecified atom stereocenters. The lowest BCUT2D eigenvalue weighted by atomic mass is 10.1. The lowest BCUT2D eigenvalue weighted by Gasteiger charge is -2.37. The molecule has 194 valence electrons. The number of benzene rings is 2. The fourth-order valence-electron chi connectivity index (χ4n) is 4.89. The van der Waals surface area contributed by atoms with E-state index in [0.29, 0.717) is 30.9 Å². The number of hydrogen-bond donors (Lipinski definition) is 1. The zero-order chi connectivity index (χ0) is 25.9. The van der Waals surface area contributed by atoms with Gasteiger partial charge in [0.25, 0.3) is 0 Å². The highest BCUT2D eigenvalue weighted by atomic mass is 16.5. The lowest BCUT2D eigenvalue weighted by molar-refractivity contribution is 0.206. The van der Waals surface area contributed by atoms with Crippen molar-refractivity contribution in [1.29, 1.82) is 0 Å². The van der Waals surface area contributed by atoms with Crippen LogP contribution in [-0.2, 0) is 13.0 Å². The first-order valence-electron chi connectivity index (χ1n) is 12.7. The number of hydrogen-bond acceptors (Lipinski definition) is 7. The van der Waals surface area contributed by atoms with Gasteiger partial charge < -0.3 is 29.7 Å². The molecular weight excluding hydrogens is 466 g/mol. The van der Waals surface area contributed by atoms with Crippen LogP contribution in [0.2, 0.25) is 0 Å². The van der Waals surface area contributed by atoms with Crippen LogP contribution in [0.25, 0.3) is 0 Å². The van der Waals surface area contributed by atoms with Gasteiger partial charge in [0.2, 0.25) is 5.95 Å². The predicted octanol–water partition coefficient (Wildman–Crippen LogP) is 3.78. The number of ether oxygens (including phenoxy) is 1. The van der Waals surface area contributed by atoms with E-state index in [1.807, 2.05) is 48.2 Å². The average molecular weight is 502 g/mol. The van der Waals surface area contributed by atoms with Gasteiger partial charge in [-0.3, -0.25) is 0 Å². The van der Waals surface area contributed by atoms with Crippen LogP contribution in [-0.4, -0.2) is 74.8 Å². The molecule has 0 saturated carbocycles. The number of aromatic nitrogens is 2. The third-order valence-corrected chi connectivity index (χ3v) is 7.02. The molecule has 0 aliphatic carbocycles. The molecule has 2 aliphatic rings. The number of amides is 2. The molecule has 2 amide bonds. The fraction of sp³-hybridized carbons (Fsp3) is 0.393. The molecule has 1 saturated heterocycles. The molecular formula is C28H35N7O2. The predicted molar refractivity (Wildman–Crippen MR) is 148 cm³/mol. The van der Waals surface area contributed by atoms with Gasteiger partial charge in [-0.05, 0) is 31.2 Å². The summed E-state index contributed by atoms with van der Waals surface area (Å²) in [7, 11) is 5.61. The zero-order valence-corrected chi connectivity index (χ0v) is 22.1. The van der Waals surface area contributed by atoms with Gasteiger partial charge >= 0.3 is 6.03 Å². The molecule has 0 atom stereocenters. The van der Waals surface area contributed by atoms with Crippen LogP contribution in [0.4, 0.5) is 27.9 Å². The maximum atomic E-state index is 13.0. The number of methoxy groups -OCH3 is 1. The second kappa shape index (κ2) is 10.5. The van der Waals surface area contributed by atoms with Gasteiger partial charge in [0.05, 0.1) is 19.3 Å². The van der Waals surface area contributed by atoms with Crippen LogP contribution >= 0.6 is 0 Å². The minimum Gasteiger partial charge on any atom is -0.497 e. The second-order valence-electron chi connectivity index (χ2n) is 9.81. The first-order valence-corrected chi connectivity index (χ1v) is 12.7. The van der Waals surface area contributed by atoms with Crippen LogP contribution in [0.15, 0.2) is 48.5 Å². The van der Waals surface area contributed by atoms with E-state index in [1.165, 1.54) is 11.3 Å². The maximum Gasteiger partial charge on any atom is 0.322 e. The molecule has 5 rings (SSSR count). The lowest BCUT2D eigenvalue weighted by Crippen LogP contribution is -2.47. The third-order valence-electron chi connectivity index (χ3n) is 7.02. The van der Waals surface area contributed by atoms with Gasteiger partial charge in [0.15, 0.2) is 0 Å². The number of fused-ring (bicyclic) bond motifs is 1. The standard InChI is InChI=1S/C28H35N7O2/c1-20-8-10-22(11-9-20)33-14-16-34(17-15-33)27-30-25-12-13-35(19-24(25)26(31-27)32(2)3)28(36)29-21-6-5-7-23(18-21)37-4/h5-11,18H,12-17,19H2,1-4H3,(H,29,36). The molecule has 9 nitrogen and oxygen atoms in total. The number of carbonyl (C=O) groups excluding carboxylic acids is 1. The highest BCUT2D eigenvalue weighted by Crippen LogP contribution is 2.29. The monoisotopic (exact) mass is 501 g/mol. The number of anilines is 4. The van der Waals surface area contributed by atoms with E-state index >= 15 is 0 Å². The second-order valence-corrected chi connectivity index (χ2v) is 9.81. The van der Waals surface area contributed by atoms with Crippen LogP contribution in [0.1, 0.15) is 16.8 Å². The van der Waals surface area contributed by atoms with E-state index < -0.39 is 0 Å². The molecule has 1 fully saturated rings. The van der Waals surface area contributed by atoms with Gasteiger partial charge in [-0.2, -0.15) is 4.98 Å². The summed E-state index contributed by atoms with van der Waals surface area (Å²) in [5, 5.41) is 2.99. The van der Waals surface area contributed by atoms with Crippen molar-refractivity contribution in [3.63, 3.8) is 0 Å². The topological polar surface area (TPSA) is 77.1 Å². The number of piperazine rings is 1. The van der Waals surface area contributed by atoms with E-state index in [9.17, 15) is 4.79 Å². The number of urea groups is 1. The smallest absolute Gasteiger partial charge is 0.322 e. The number of nitrogens with one attached hydrogen (secondary N) is 1. The zero-order valence-electron chi connectivity index (χ0n) is 22.1. The van der Waals surface area contributed by atoms with E-state index in [4.69, 9.17) is 14.7 Å². The Bertz CT molecular complexity index is 1250. The Morgan fingerprint density at radius 3 is 2.41 bits per heavy atom. The number of nitrogens with zero attached hydrogens (tertiary/aromatic N) is 6. The Balaban J connectivity index is 1.29. The van der Waals surface area contributed by atoms with Crippen molar-refractivity contribution in [3.05, 3.63) is 65.4 Å². The summed E-state index contributed by atoms with van der Waals surface area (Å²) in [5.74, 6) is 2.36. The Hall–Kier alpha value is -4.01. The summed E-state index contributed by atoms with van der Waals surface area (Å²) in [6.45, 7) is 6.79. The van der Waals surface area contributed by atoms with Crippen molar-refractivity contribution in [2.45, 2.75) is 19.9 Å². The SMILES string of the molecule is COc1cccc(NC(=O)N2CCc3nc(N4CCN(c5ccc(C)cc5)CC4)nc(N(C)C)c3C2)c1. The van der Waals surface area contributed by atoms with Gasteiger partial charge in [0, 0.05) is 76.2 Å². The van der Waals surface area contributed by atoms with Gasteiger partial charge in [-0.25, -0.2) is 9.78 Å². The van der Waals surface area contributed by atoms with Crippen molar-refractivity contribution in [2.24, 2.45) is 0 Å². The van der Waals surface area contributed by atoms with Gasteiger partial charge in [-0.1, -0.05) is 23.8 Å². The highest BCUT2D eigenvalue weighted by molar-refractivity contribution is 5.89. The van der Waals surface area contributed by atoms with Crippen LogP contribution in [0.5, 0.6) is 5.75 Å². The van der Waals surface area contributed by atoms with Crippen molar-refractivity contribution < 1.29 is 9.53 Å². The summed E-state index contributed by atoms with van der Waals surface area (Å²) < 4.78 is 5.27. The molecule has 1 aromatic heterocycles. The van der Waals surface area contributed by atoms with Crippen molar-refractivity contribution in [3.8, 4) is 5.75 Å². The van der Waals surface area contributed by atoms with Gasteiger partial charge in [0.1, 0.15) is 11.6 Å². The van der Waals surface area contributed by atoms with Crippen molar-refractivity contribution in [1.82, 2.24) is 14.9 Å². The van der Waals surface area contributed by atoms with Crippen molar-refractivity contribution in [2.75, 3.05) is 73.9 Å². The van der Waals surface area contributed by atoms with Crippen LogP contribution in [0.3, 0.4) is 0 Å². The molecule has 9 heteroatoms. The Morgan fingerprint density at radius 1 is 0.973 bits per heavy atom.